The van der Waals surface area contributed by atoms with E-state index in [0.717, 1.165) is 18.8 Å². The van der Waals surface area contributed by atoms with Crippen LogP contribution in [0.15, 0.2) is 47.4 Å². The molecule has 1 heterocycles. The van der Waals surface area contributed by atoms with Gasteiger partial charge in [0.25, 0.3) is 0 Å². The maximum Gasteiger partial charge on any atom is 0.115 e. The third-order valence-electron chi connectivity index (χ3n) is 7.78. The highest BCUT2D eigenvalue weighted by molar-refractivity contribution is 7.98. The Kier molecular flexibility index (Phi) is 4.92. The molecule has 1 N–H and O–H groups in total. The van der Waals surface area contributed by atoms with E-state index >= 15 is 0 Å². The number of rotatable bonds is 4. The maximum absolute atomic E-state index is 10.2. The van der Waals surface area contributed by atoms with Gasteiger partial charge in [-0.1, -0.05) is 31.0 Å². The van der Waals surface area contributed by atoms with Crippen molar-refractivity contribution >= 4 is 11.8 Å². The van der Waals surface area contributed by atoms with Crippen LogP contribution in [0.5, 0.6) is 5.75 Å². The van der Waals surface area contributed by atoms with Crippen molar-refractivity contribution in [2.24, 2.45) is 5.92 Å². The molecule has 28 heavy (non-hydrogen) atoms. The third kappa shape index (κ3) is 3.07. The molecule has 0 unspecified atom stereocenters. The van der Waals surface area contributed by atoms with Gasteiger partial charge in [-0.05, 0) is 91.8 Å². The molecule has 2 aromatic rings. The van der Waals surface area contributed by atoms with Crippen LogP contribution < -0.4 is 0 Å². The zero-order valence-electron chi connectivity index (χ0n) is 16.9. The van der Waals surface area contributed by atoms with Gasteiger partial charge in [-0.15, -0.1) is 11.8 Å². The summed E-state index contributed by atoms with van der Waals surface area (Å²) in [5, 5.41) is 10.2. The Morgan fingerprint density at radius 3 is 2.79 bits per heavy atom. The van der Waals surface area contributed by atoms with E-state index in [-0.39, 0.29) is 0 Å². The Hall–Kier alpha value is -1.45. The second-order valence-corrected chi connectivity index (χ2v) is 9.89. The van der Waals surface area contributed by atoms with Gasteiger partial charge in [0.2, 0.25) is 0 Å². The number of phenolic OH excluding ortho intramolecular Hbond substituents is 1. The molecule has 3 atom stereocenters. The largest absolute Gasteiger partial charge is 0.508 e. The number of piperidine rings is 1. The first-order valence-corrected chi connectivity index (χ1v) is 12.1. The van der Waals surface area contributed by atoms with Gasteiger partial charge >= 0.3 is 0 Å². The van der Waals surface area contributed by atoms with Crippen molar-refractivity contribution in [2.45, 2.75) is 61.3 Å². The SMILES string of the molecule is CSc1ccc(CCN2CC[C@@]34CCCC[C@H]3[C@@H]2Cc2ccc(O)cc24)cc1. The molecule has 0 radical (unpaired) electrons. The van der Waals surface area contributed by atoms with Crippen LogP contribution in [0.4, 0.5) is 0 Å². The molecule has 2 aromatic carbocycles. The monoisotopic (exact) mass is 393 g/mol. The van der Waals surface area contributed by atoms with Crippen LogP contribution in [0.1, 0.15) is 48.8 Å². The molecule has 1 saturated heterocycles. The highest BCUT2D eigenvalue weighted by atomic mass is 32.2. The minimum atomic E-state index is 0.325. The molecule has 0 amide bonds. The Morgan fingerprint density at radius 1 is 1.11 bits per heavy atom. The summed E-state index contributed by atoms with van der Waals surface area (Å²) in [5.74, 6) is 1.22. The summed E-state index contributed by atoms with van der Waals surface area (Å²) in [4.78, 5) is 4.15. The molecule has 5 rings (SSSR count). The van der Waals surface area contributed by atoms with E-state index in [0.29, 0.717) is 17.2 Å². The van der Waals surface area contributed by atoms with Crippen molar-refractivity contribution in [3.8, 4) is 5.75 Å². The quantitative estimate of drug-likeness (QED) is 0.702. The predicted molar refractivity (Wildman–Crippen MR) is 117 cm³/mol. The molecule has 3 heteroatoms. The number of benzene rings is 2. The molecule has 2 nitrogen and oxygen atoms in total. The van der Waals surface area contributed by atoms with Gasteiger partial charge in [-0.25, -0.2) is 0 Å². The molecule has 1 saturated carbocycles. The molecule has 0 spiro atoms. The first-order valence-electron chi connectivity index (χ1n) is 10.9. The second-order valence-electron chi connectivity index (χ2n) is 9.01. The number of aromatic hydroxyl groups is 1. The summed E-state index contributed by atoms with van der Waals surface area (Å²) >= 11 is 1.81. The Balaban J connectivity index is 1.39. The van der Waals surface area contributed by atoms with Crippen LogP contribution in [-0.4, -0.2) is 35.4 Å². The van der Waals surface area contributed by atoms with Gasteiger partial charge in [0.15, 0.2) is 0 Å². The standard InChI is InChI=1S/C25H31NOS/c1-28-21-9-5-18(6-10-21)11-14-26-15-13-25-12-3-2-4-22(25)24(26)16-19-7-8-20(27)17-23(19)25/h5-10,17,22,24,27H,2-4,11-16H2,1H3/t22-,24-,25-/m0/s1. The first kappa shape index (κ1) is 18.6. The molecule has 2 aliphatic carbocycles. The summed E-state index contributed by atoms with van der Waals surface area (Å²) in [7, 11) is 0. The molecular weight excluding hydrogens is 362 g/mol. The topological polar surface area (TPSA) is 23.5 Å². The smallest absolute Gasteiger partial charge is 0.115 e. The van der Waals surface area contributed by atoms with Crippen molar-refractivity contribution in [1.29, 1.82) is 0 Å². The van der Waals surface area contributed by atoms with E-state index in [4.69, 9.17) is 0 Å². The molecule has 3 aliphatic rings. The fourth-order valence-corrected chi connectivity index (χ4v) is 6.82. The van der Waals surface area contributed by atoms with E-state index in [1.807, 2.05) is 17.8 Å². The number of nitrogens with zero attached hydrogens (tertiary/aromatic N) is 1. The van der Waals surface area contributed by atoms with Gasteiger partial charge in [0, 0.05) is 22.9 Å². The summed E-state index contributed by atoms with van der Waals surface area (Å²) < 4.78 is 0. The van der Waals surface area contributed by atoms with E-state index in [1.54, 1.807) is 0 Å². The normalized spacial score (nSPS) is 29.2. The molecule has 2 bridgehead atoms. The van der Waals surface area contributed by atoms with Gasteiger partial charge in [-0.3, -0.25) is 4.90 Å². The van der Waals surface area contributed by atoms with Crippen LogP contribution in [0.3, 0.4) is 0 Å². The number of hydrogen-bond acceptors (Lipinski definition) is 3. The highest BCUT2D eigenvalue weighted by Crippen LogP contribution is 2.56. The number of hydrogen-bond donors (Lipinski definition) is 1. The molecule has 2 fully saturated rings. The van der Waals surface area contributed by atoms with Crippen LogP contribution in [0, 0.1) is 5.92 Å². The van der Waals surface area contributed by atoms with Crippen molar-refractivity contribution < 1.29 is 5.11 Å². The second kappa shape index (κ2) is 7.42. The fourth-order valence-electron chi connectivity index (χ4n) is 6.42. The maximum atomic E-state index is 10.2. The van der Waals surface area contributed by atoms with E-state index < -0.39 is 0 Å². The van der Waals surface area contributed by atoms with E-state index in [2.05, 4.69) is 47.6 Å². The first-order chi connectivity index (χ1) is 13.7. The lowest BCUT2D eigenvalue weighted by Crippen LogP contribution is -2.61. The zero-order chi connectivity index (χ0) is 19.1. The number of phenols is 1. The lowest BCUT2D eigenvalue weighted by Gasteiger charge is -2.59. The van der Waals surface area contributed by atoms with Crippen LogP contribution in [-0.2, 0) is 18.3 Å². The molecule has 0 aromatic heterocycles. The van der Waals surface area contributed by atoms with Crippen LogP contribution >= 0.6 is 11.8 Å². The molecular formula is C25H31NOS. The Morgan fingerprint density at radius 2 is 1.96 bits per heavy atom. The lowest BCUT2D eigenvalue weighted by molar-refractivity contribution is -0.0106. The van der Waals surface area contributed by atoms with E-state index in [1.165, 1.54) is 66.8 Å². The third-order valence-corrected chi connectivity index (χ3v) is 8.53. The number of fused-ring (bicyclic) bond motifs is 1. The minimum absolute atomic E-state index is 0.325. The number of thioether (sulfide) groups is 1. The van der Waals surface area contributed by atoms with E-state index in [9.17, 15) is 5.11 Å². The van der Waals surface area contributed by atoms with Gasteiger partial charge < -0.3 is 5.11 Å². The average molecular weight is 394 g/mol. The summed E-state index contributed by atoms with van der Waals surface area (Å²) in [6.45, 7) is 2.38. The summed E-state index contributed by atoms with van der Waals surface area (Å²) in [6, 6.07) is 16.0. The van der Waals surface area contributed by atoms with Crippen LogP contribution in [0.2, 0.25) is 0 Å². The van der Waals surface area contributed by atoms with Gasteiger partial charge in [0.05, 0.1) is 0 Å². The Labute approximate surface area is 173 Å². The van der Waals surface area contributed by atoms with Crippen molar-refractivity contribution in [3.05, 3.63) is 59.2 Å². The molecule has 1 aliphatic heterocycles. The number of likely N-dealkylation sites (tertiary alicyclic amines) is 1. The highest BCUT2D eigenvalue weighted by Gasteiger charge is 2.53. The van der Waals surface area contributed by atoms with Crippen LogP contribution in [0.25, 0.3) is 0 Å². The van der Waals surface area contributed by atoms with Crippen molar-refractivity contribution in [3.63, 3.8) is 0 Å². The summed E-state index contributed by atoms with van der Waals surface area (Å²) in [6.07, 6.45) is 11.1. The summed E-state index contributed by atoms with van der Waals surface area (Å²) in [5.41, 5.74) is 4.77. The minimum Gasteiger partial charge on any atom is -0.508 e. The zero-order valence-corrected chi connectivity index (χ0v) is 17.7. The average Bonchev–Trinajstić information content (AvgIpc) is 2.74. The Bertz CT molecular complexity index is 848. The van der Waals surface area contributed by atoms with Gasteiger partial charge in [-0.2, -0.15) is 0 Å². The molecule has 148 valence electrons. The van der Waals surface area contributed by atoms with Crippen molar-refractivity contribution in [1.82, 2.24) is 4.90 Å². The van der Waals surface area contributed by atoms with Gasteiger partial charge in [0.1, 0.15) is 5.75 Å². The van der Waals surface area contributed by atoms with Crippen molar-refractivity contribution in [2.75, 3.05) is 19.3 Å². The predicted octanol–water partition coefficient (Wildman–Crippen LogP) is 5.42. The fraction of sp³-hybridized carbons (Fsp3) is 0.520. The lowest BCUT2D eigenvalue weighted by atomic mass is 9.52.